The predicted octanol–water partition coefficient (Wildman–Crippen LogP) is 3.50. The lowest BCUT2D eigenvalue weighted by molar-refractivity contribution is 0.167. The van der Waals surface area contributed by atoms with Crippen LogP contribution in [0.1, 0.15) is 23.7 Å². The second kappa shape index (κ2) is 6.34. The molecule has 0 saturated carbocycles. The maximum Gasteiger partial charge on any atom is 0.130 e. The molecular formula is C16H17FO2. The fraction of sp³-hybridized carbons (Fsp3) is 0.250. The van der Waals surface area contributed by atoms with Crippen molar-refractivity contribution in [2.45, 2.75) is 18.9 Å². The van der Waals surface area contributed by atoms with Crippen molar-refractivity contribution in [1.29, 1.82) is 0 Å². The summed E-state index contributed by atoms with van der Waals surface area (Å²) < 4.78 is 18.7. The van der Waals surface area contributed by atoms with Gasteiger partial charge in [0.2, 0.25) is 0 Å². The number of benzene rings is 2. The molecule has 2 aromatic carbocycles. The lowest BCUT2D eigenvalue weighted by Gasteiger charge is -2.11. The monoisotopic (exact) mass is 260 g/mol. The summed E-state index contributed by atoms with van der Waals surface area (Å²) in [6, 6.07) is 14.2. The van der Waals surface area contributed by atoms with Gasteiger partial charge in [0.05, 0.1) is 13.2 Å². The molecule has 0 fully saturated rings. The molecule has 2 nitrogen and oxygen atoms in total. The van der Waals surface area contributed by atoms with Crippen LogP contribution in [0.2, 0.25) is 0 Å². The van der Waals surface area contributed by atoms with E-state index >= 15 is 0 Å². The summed E-state index contributed by atoms with van der Waals surface area (Å²) in [5.41, 5.74) is 1.45. The molecule has 19 heavy (non-hydrogen) atoms. The lowest BCUT2D eigenvalue weighted by atomic mass is 10.0. The topological polar surface area (TPSA) is 29.5 Å². The highest BCUT2D eigenvalue weighted by atomic mass is 19.1. The van der Waals surface area contributed by atoms with Gasteiger partial charge in [-0.05, 0) is 30.0 Å². The molecule has 0 bridgehead atoms. The molecule has 0 spiro atoms. The fourth-order valence-corrected chi connectivity index (χ4v) is 1.99. The SMILES string of the molecule is COc1ccc(CCC(O)c2ccccc2)c(F)c1. The van der Waals surface area contributed by atoms with Crippen molar-refractivity contribution in [3.8, 4) is 5.75 Å². The quantitative estimate of drug-likeness (QED) is 0.891. The predicted molar refractivity (Wildman–Crippen MR) is 72.7 cm³/mol. The number of hydrogen-bond donors (Lipinski definition) is 1. The van der Waals surface area contributed by atoms with Crippen LogP contribution in [-0.4, -0.2) is 12.2 Å². The van der Waals surface area contributed by atoms with Crippen molar-refractivity contribution < 1.29 is 14.2 Å². The lowest BCUT2D eigenvalue weighted by Crippen LogP contribution is -2.01. The van der Waals surface area contributed by atoms with Crippen LogP contribution in [0.3, 0.4) is 0 Å². The van der Waals surface area contributed by atoms with E-state index in [0.717, 1.165) is 5.56 Å². The van der Waals surface area contributed by atoms with E-state index in [9.17, 15) is 9.50 Å². The Morgan fingerprint density at radius 1 is 1.16 bits per heavy atom. The van der Waals surface area contributed by atoms with Gasteiger partial charge in [-0.25, -0.2) is 4.39 Å². The zero-order chi connectivity index (χ0) is 13.7. The fourth-order valence-electron chi connectivity index (χ4n) is 1.99. The summed E-state index contributed by atoms with van der Waals surface area (Å²) in [4.78, 5) is 0. The van der Waals surface area contributed by atoms with Gasteiger partial charge in [0.25, 0.3) is 0 Å². The number of aryl methyl sites for hydroxylation is 1. The third kappa shape index (κ3) is 3.55. The summed E-state index contributed by atoms with van der Waals surface area (Å²) in [7, 11) is 1.51. The summed E-state index contributed by atoms with van der Waals surface area (Å²) in [6.07, 6.45) is 0.418. The molecule has 1 atom stereocenters. The second-order valence-corrected chi connectivity index (χ2v) is 4.42. The van der Waals surface area contributed by atoms with Crippen LogP contribution in [0, 0.1) is 5.82 Å². The number of aliphatic hydroxyl groups excluding tert-OH is 1. The maximum atomic E-state index is 13.7. The van der Waals surface area contributed by atoms with Gasteiger partial charge in [0, 0.05) is 6.07 Å². The first kappa shape index (κ1) is 13.6. The van der Waals surface area contributed by atoms with Crippen molar-refractivity contribution in [1.82, 2.24) is 0 Å². The first-order chi connectivity index (χ1) is 9.20. The van der Waals surface area contributed by atoms with Gasteiger partial charge in [-0.15, -0.1) is 0 Å². The Balaban J connectivity index is 1.99. The number of aliphatic hydroxyl groups is 1. The molecule has 100 valence electrons. The van der Waals surface area contributed by atoms with Gasteiger partial charge in [-0.2, -0.15) is 0 Å². The summed E-state index contributed by atoms with van der Waals surface area (Å²) >= 11 is 0. The number of hydrogen-bond acceptors (Lipinski definition) is 2. The minimum Gasteiger partial charge on any atom is -0.497 e. The molecule has 2 rings (SSSR count). The molecule has 1 N–H and O–H groups in total. The zero-order valence-corrected chi connectivity index (χ0v) is 10.8. The summed E-state index contributed by atoms with van der Waals surface area (Å²) in [6.45, 7) is 0. The highest BCUT2D eigenvalue weighted by molar-refractivity contribution is 5.29. The molecule has 0 aliphatic carbocycles. The van der Waals surface area contributed by atoms with Crippen molar-refractivity contribution in [3.05, 3.63) is 65.5 Å². The standard InChI is InChI=1S/C16H17FO2/c1-19-14-9-7-12(15(17)11-14)8-10-16(18)13-5-3-2-4-6-13/h2-7,9,11,16,18H,8,10H2,1H3. The summed E-state index contributed by atoms with van der Waals surface area (Å²) in [5, 5.41) is 10.0. The Morgan fingerprint density at radius 2 is 1.89 bits per heavy atom. The number of rotatable bonds is 5. The van der Waals surface area contributed by atoms with Crippen LogP contribution in [-0.2, 0) is 6.42 Å². The van der Waals surface area contributed by atoms with Gasteiger partial charge in [-0.3, -0.25) is 0 Å². The van der Waals surface area contributed by atoms with E-state index in [0.29, 0.717) is 24.2 Å². The van der Waals surface area contributed by atoms with E-state index in [4.69, 9.17) is 4.74 Å². The van der Waals surface area contributed by atoms with Crippen molar-refractivity contribution in [2.24, 2.45) is 0 Å². The van der Waals surface area contributed by atoms with E-state index in [2.05, 4.69) is 0 Å². The third-order valence-electron chi connectivity index (χ3n) is 3.13. The maximum absolute atomic E-state index is 13.7. The molecule has 2 aromatic rings. The van der Waals surface area contributed by atoms with Crippen LogP contribution >= 0.6 is 0 Å². The average Bonchev–Trinajstić information content (AvgIpc) is 2.46. The molecule has 0 aliphatic heterocycles. The average molecular weight is 260 g/mol. The Morgan fingerprint density at radius 3 is 2.53 bits per heavy atom. The number of halogens is 1. The summed E-state index contributed by atoms with van der Waals surface area (Å²) in [5.74, 6) is 0.212. The van der Waals surface area contributed by atoms with Crippen LogP contribution < -0.4 is 4.74 Å². The van der Waals surface area contributed by atoms with E-state index in [1.165, 1.54) is 13.2 Å². The van der Waals surface area contributed by atoms with Gasteiger partial charge in [-0.1, -0.05) is 36.4 Å². The van der Waals surface area contributed by atoms with Crippen LogP contribution in [0.15, 0.2) is 48.5 Å². The van der Waals surface area contributed by atoms with Crippen molar-refractivity contribution in [2.75, 3.05) is 7.11 Å². The first-order valence-electron chi connectivity index (χ1n) is 6.26. The Bertz CT molecular complexity index is 526. The minimum atomic E-state index is -0.567. The minimum absolute atomic E-state index is 0.292. The number of methoxy groups -OCH3 is 1. The molecule has 0 aliphatic rings. The zero-order valence-electron chi connectivity index (χ0n) is 10.8. The van der Waals surface area contributed by atoms with Gasteiger partial charge in [0.1, 0.15) is 11.6 Å². The second-order valence-electron chi connectivity index (χ2n) is 4.42. The molecular weight excluding hydrogens is 243 g/mol. The number of ether oxygens (including phenoxy) is 1. The molecule has 3 heteroatoms. The Kier molecular flexibility index (Phi) is 4.53. The van der Waals surface area contributed by atoms with E-state index in [1.54, 1.807) is 12.1 Å². The van der Waals surface area contributed by atoms with E-state index in [-0.39, 0.29) is 5.82 Å². The van der Waals surface area contributed by atoms with Crippen LogP contribution in [0.5, 0.6) is 5.75 Å². The van der Waals surface area contributed by atoms with Crippen molar-refractivity contribution >= 4 is 0 Å². The normalized spacial score (nSPS) is 12.2. The highest BCUT2D eigenvalue weighted by Crippen LogP contribution is 2.22. The Labute approximate surface area is 112 Å². The molecule has 0 heterocycles. The van der Waals surface area contributed by atoms with E-state index in [1.807, 2.05) is 30.3 Å². The molecule has 0 aromatic heterocycles. The molecule has 0 saturated heterocycles. The largest absolute Gasteiger partial charge is 0.497 e. The van der Waals surface area contributed by atoms with Gasteiger partial charge < -0.3 is 9.84 Å². The Hall–Kier alpha value is -1.87. The molecule has 0 amide bonds. The molecule has 1 unspecified atom stereocenters. The third-order valence-corrected chi connectivity index (χ3v) is 3.13. The van der Waals surface area contributed by atoms with Gasteiger partial charge in [0.15, 0.2) is 0 Å². The van der Waals surface area contributed by atoms with Crippen LogP contribution in [0.25, 0.3) is 0 Å². The smallest absolute Gasteiger partial charge is 0.130 e. The first-order valence-corrected chi connectivity index (χ1v) is 6.26. The van der Waals surface area contributed by atoms with Gasteiger partial charge >= 0.3 is 0 Å². The van der Waals surface area contributed by atoms with Crippen molar-refractivity contribution in [3.63, 3.8) is 0 Å². The van der Waals surface area contributed by atoms with Crippen LogP contribution in [0.4, 0.5) is 4.39 Å². The highest BCUT2D eigenvalue weighted by Gasteiger charge is 2.10. The molecule has 0 radical (unpaired) electrons. The van der Waals surface area contributed by atoms with E-state index < -0.39 is 6.10 Å².